The molecule has 0 aliphatic carbocycles. The fraction of sp³-hybridized carbons (Fsp3) is 0.476. The summed E-state index contributed by atoms with van der Waals surface area (Å²) < 4.78 is 10.7. The number of benzene rings is 1. The Hall–Kier alpha value is -3.03. The molecule has 29 heavy (non-hydrogen) atoms. The molecule has 1 aliphatic rings. The Morgan fingerprint density at radius 3 is 2.69 bits per heavy atom. The first-order chi connectivity index (χ1) is 14.1. The molecule has 1 aromatic heterocycles. The quantitative estimate of drug-likeness (QED) is 0.705. The lowest BCUT2D eigenvalue weighted by Crippen LogP contribution is -2.36. The average molecular weight is 399 g/mol. The van der Waals surface area contributed by atoms with Crippen LogP contribution in [-0.2, 0) is 11.3 Å². The lowest BCUT2D eigenvalue weighted by molar-refractivity contribution is -0.122. The third-order valence-corrected chi connectivity index (χ3v) is 5.24. The molecule has 0 atom stereocenters. The van der Waals surface area contributed by atoms with Gasteiger partial charge in [-0.3, -0.25) is 4.79 Å². The minimum absolute atomic E-state index is 0.0628. The van der Waals surface area contributed by atoms with E-state index in [4.69, 9.17) is 9.47 Å². The van der Waals surface area contributed by atoms with E-state index >= 15 is 0 Å². The summed E-state index contributed by atoms with van der Waals surface area (Å²) in [6, 6.07) is 7.59. The molecule has 0 bridgehead atoms. The Morgan fingerprint density at radius 1 is 1.21 bits per heavy atom. The van der Waals surface area contributed by atoms with Crippen LogP contribution in [0.5, 0.6) is 11.5 Å². The zero-order chi connectivity index (χ0) is 20.6. The second kappa shape index (κ2) is 9.95. The number of nitrogens with zero attached hydrogens (tertiary/aromatic N) is 3. The highest BCUT2D eigenvalue weighted by Gasteiger charge is 2.22. The molecular formula is C21H29N5O3. The van der Waals surface area contributed by atoms with Crippen molar-refractivity contribution in [2.45, 2.75) is 25.8 Å². The molecule has 0 spiro atoms. The number of ether oxygens (including phenoxy) is 2. The van der Waals surface area contributed by atoms with Gasteiger partial charge >= 0.3 is 0 Å². The van der Waals surface area contributed by atoms with E-state index in [-0.39, 0.29) is 5.91 Å². The third kappa shape index (κ3) is 5.28. The minimum Gasteiger partial charge on any atom is -0.493 e. The fourth-order valence-electron chi connectivity index (χ4n) is 3.63. The normalized spacial score (nSPS) is 14.4. The highest BCUT2D eigenvalue weighted by atomic mass is 16.5. The standard InChI is InChI=1S/C21H29N5O3/c1-22-21-23-10-7-18(25-21)26-11-8-15(9-12-26)13-19(27)24-14-16-5-4-6-17(28-2)20(16)29-3/h4-7,10,15H,8-9,11-14H2,1-3H3,(H,24,27)(H,22,23,25). The Labute approximate surface area is 171 Å². The number of hydrogen-bond donors (Lipinski definition) is 2. The molecule has 0 radical (unpaired) electrons. The van der Waals surface area contributed by atoms with Crippen molar-refractivity contribution in [3.05, 3.63) is 36.0 Å². The van der Waals surface area contributed by atoms with Gasteiger partial charge in [0.1, 0.15) is 5.82 Å². The van der Waals surface area contributed by atoms with Gasteiger partial charge in [-0.1, -0.05) is 12.1 Å². The van der Waals surface area contributed by atoms with E-state index in [0.717, 1.165) is 37.3 Å². The van der Waals surface area contributed by atoms with E-state index < -0.39 is 0 Å². The Bertz CT molecular complexity index is 822. The SMILES string of the molecule is CNc1nccc(N2CCC(CC(=O)NCc3cccc(OC)c3OC)CC2)n1. The molecular weight excluding hydrogens is 370 g/mol. The zero-order valence-corrected chi connectivity index (χ0v) is 17.3. The Balaban J connectivity index is 1.48. The summed E-state index contributed by atoms with van der Waals surface area (Å²) in [7, 11) is 5.02. The number of piperidine rings is 1. The van der Waals surface area contributed by atoms with Gasteiger partial charge in [0, 0.05) is 44.9 Å². The van der Waals surface area contributed by atoms with Gasteiger partial charge in [0.25, 0.3) is 0 Å². The van der Waals surface area contributed by atoms with Gasteiger partial charge in [0.2, 0.25) is 11.9 Å². The maximum Gasteiger partial charge on any atom is 0.224 e. The molecule has 8 nitrogen and oxygen atoms in total. The lowest BCUT2D eigenvalue weighted by Gasteiger charge is -2.32. The summed E-state index contributed by atoms with van der Waals surface area (Å²) in [5.41, 5.74) is 0.902. The van der Waals surface area contributed by atoms with E-state index in [1.165, 1.54) is 0 Å². The smallest absolute Gasteiger partial charge is 0.224 e. The summed E-state index contributed by atoms with van der Waals surface area (Å²) in [6.07, 6.45) is 4.23. The molecule has 0 saturated carbocycles. The number of aromatic nitrogens is 2. The number of anilines is 2. The van der Waals surface area contributed by atoms with Crippen LogP contribution in [0.2, 0.25) is 0 Å². The topological polar surface area (TPSA) is 88.6 Å². The van der Waals surface area contributed by atoms with Crippen LogP contribution < -0.4 is 25.0 Å². The first-order valence-corrected chi connectivity index (χ1v) is 9.87. The first-order valence-electron chi connectivity index (χ1n) is 9.87. The number of rotatable bonds is 8. The predicted octanol–water partition coefficient (Wildman–Crippen LogP) is 2.46. The van der Waals surface area contributed by atoms with Gasteiger partial charge in [-0.05, 0) is 30.9 Å². The highest BCUT2D eigenvalue weighted by Crippen LogP contribution is 2.30. The van der Waals surface area contributed by atoms with Crippen molar-refractivity contribution in [1.82, 2.24) is 15.3 Å². The van der Waals surface area contributed by atoms with E-state index in [1.54, 1.807) is 20.4 Å². The number of carbonyl (C=O) groups is 1. The molecule has 156 valence electrons. The Kier molecular flexibility index (Phi) is 7.10. The molecule has 2 aromatic rings. The molecule has 3 rings (SSSR count). The molecule has 0 unspecified atom stereocenters. The van der Waals surface area contributed by atoms with Crippen molar-refractivity contribution in [1.29, 1.82) is 0 Å². The monoisotopic (exact) mass is 399 g/mol. The maximum atomic E-state index is 12.4. The zero-order valence-electron chi connectivity index (χ0n) is 17.3. The minimum atomic E-state index is 0.0628. The van der Waals surface area contributed by atoms with Gasteiger partial charge in [-0.25, -0.2) is 4.98 Å². The van der Waals surface area contributed by atoms with Gasteiger partial charge in [-0.2, -0.15) is 4.98 Å². The molecule has 8 heteroatoms. The summed E-state index contributed by atoms with van der Waals surface area (Å²) in [5.74, 6) is 3.32. The van der Waals surface area contributed by atoms with Crippen LogP contribution in [0.1, 0.15) is 24.8 Å². The van der Waals surface area contributed by atoms with Crippen molar-refractivity contribution in [3.63, 3.8) is 0 Å². The van der Waals surface area contributed by atoms with Crippen LogP contribution in [0.15, 0.2) is 30.5 Å². The molecule has 1 fully saturated rings. The number of methoxy groups -OCH3 is 2. The van der Waals surface area contributed by atoms with Crippen molar-refractivity contribution < 1.29 is 14.3 Å². The summed E-state index contributed by atoms with van der Waals surface area (Å²) in [4.78, 5) is 23.3. The summed E-state index contributed by atoms with van der Waals surface area (Å²) >= 11 is 0. The third-order valence-electron chi connectivity index (χ3n) is 5.24. The Morgan fingerprint density at radius 2 is 2.00 bits per heavy atom. The van der Waals surface area contributed by atoms with E-state index in [9.17, 15) is 4.79 Å². The second-order valence-electron chi connectivity index (χ2n) is 7.05. The van der Waals surface area contributed by atoms with Gasteiger partial charge in [-0.15, -0.1) is 0 Å². The molecule has 1 aromatic carbocycles. The lowest BCUT2D eigenvalue weighted by atomic mass is 9.93. The van der Waals surface area contributed by atoms with Crippen LogP contribution in [0.4, 0.5) is 11.8 Å². The predicted molar refractivity (Wildman–Crippen MR) is 113 cm³/mol. The van der Waals surface area contributed by atoms with Crippen LogP contribution >= 0.6 is 0 Å². The second-order valence-corrected chi connectivity index (χ2v) is 7.05. The van der Waals surface area contributed by atoms with E-state index in [2.05, 4.69) is 25.5 Å². The van der Waals surface area contributed by atoms with Crippen molar-refractivity contribution in [2.24, 2.45) is 5.92 Å². The van der Waals surface area contributed by atoms with Crippen LogP contribution in [0, 0.1) is 5.92 Å². The van der Waals surface area contributed by atoms with Crippen molar-refractivity contribution in [3.8, 4) is 11.5 Å². The average Bonchev–Trinajstić information content (AvgIpc) is 2.77. The van der Waals surface area contributed by atoms with Crippen LogP contribution in [-0.4, -0.2) is 50.2 Å². The van der Waals surface area contributed by atoms with E-state index in [1.807, 2.05) is 31.3 Å². The van der Waals surface area contributed by atoms with Crippen molar-refractivity contribution >= 4 is 17.7 Å². The van der Waals surface area contributed by atoms with Gasteiger partial charge in [0.05, 0.1) is 14.2 Å². The maximum absolute atomic E-state index is 12.4. The number of amides is 1. The molecule has 1 amide bonds. The molecule has 1 aliphatic heterocycles. The molecule has 1 saturated heterocycles. The van der Waals surface area contributed by atoms with E-state index in [0.29, 0.717) is 36.3 Å². The van der Waals surface area contributed by atoms with Gasteiger partial charge in [0.15, 0.2) is 11.5 Å². The molecule has 2 heterocycles. The fourth-order valence-corrected chi connectivity index (χ4v) is 3.63. The number of nitrogens with one attached hydrogen (secondary N) is 2. The highest BCUT2D eigenvalue weighted by molar-refractivity contribution is 5.76. The van der Waals surface area contributed by atoms with Gasteiger partial charge < -0.3 is 25.0 Å². The van der Waals surface area contributed by atoms with Crippen molar-refractivity contribution in [2.75, 3.05) is 44.6 Å². The summed E-state index contributed by atoms with van der Waals surface area (Å²) in [5, 5.41) is 5.98. The van der Waals surface area contributed by atoms with Crippen LogP contribution in [0.25, 0.3) is 0 Å². The number of para-hydroxylation sites is 1. The number of hydrogen-bond acceptors (Lipinski definition) is 7. The first kappa shape index (κ1) is 20.7. The largest absolute Gasteiger partial charge is 0.493 e. The van der Waals surface area contributed by atoms with Crippen LogP contribution in [0.3, 0.4) is 0 Å². The number of carbonyl (C=O) groups excluding carboxylic acids is 1. The molecule has 2 N–H and O–H groups in total. The summed E-state index contributed by atoms with van der Waals surface area (Å²) in [6.45, 7) is 2.20.